The Balaban J connectivity index is 2.07. The zero-order chi connectivity index (χ0) is 18.9. The highest BCUT2D eigenvalue weighted by molar-refractivity contribution is 6.03. The van der Waals surface area contributed by atoms with Crippen LogP contribution in [0.3, 0.4) is 0 Å². The summed E-state index contributed by atoms with van der Waals surface area (Å²) >= 11 is 0. The zero-order valence-corrected chi connectivity index (χ0v) is 15.5. The van der Waals surface area contributed by atoms with E-state index in [0.29, 0.717) is 11.4 Å². The number of carbonyl (C=O) groups excluding carboxylic acids is 2. The van der Waals surface area contributed by atoms with Gasteiger partial charge in [0.05, 0.1) is 12.4 Å². The average molecular weight is 355 g/mol. The average Bonchev–Trinajstić information content (AvgIpc) is 2.61. The molecule has 26 heavy (non-hydrogen) atoms. The lowest BCUT2D eigenvalue weighted by atomic mass is 10.2. The van der Waals surface area contributed by atoms with Crippen LogP contribution in [0.25, 0.3) is 0 Å². The molecule has 2 amide bonds. The maximum absolute atomic E-state index is 12.4. The monoisotopic (exact) mass is 355 g/mol. The summed E-state index contributed by atoms with van der Waals surface area (Å²) in [7, 11) is 0. The fourth-order valence-corrected chi connectivity index (χ4v) is 2.56. The SMILES string of the molecule is CCCN(CCC)c1cnc(C(=O)Nc2cccc(NC(C)=O)c2)cn1. The number of carbonyl (C=O) groups is 2. The van der Waals surface area contributed by atoms with Crippen LogP contribution in [-0.4, -0.2) is 34.9 Å². The number of nitrogens with one attached hydrogen (secondary N) is 2. The van der Waals surface area contributed by atoms with Gasteiger partial charge in [-0.1, -0.05) is 19.9 Å². The third kappa shape index (κ3) is 5.54. The molecule has 0 saturated carbocycles. The molecule has 1 heterocycles. The molecular formula is C19H25N5O2. The van der Waals surface area contributed by atoms with Gasteiger partial charge in [0, 0.05) is 31.4 Å². The van der Waals surface area contributed by atoms with Crippen molar-refractivity contribution >= 4 is 29.0 Å². The van der Waals surface area contributed by atoms with Gasteiger partial charge in [0.1, 0.15) is 11.5 Å². The molecule has 0 aliphatic carbocycles. The Labute approximate surface area is 153 Å². The molecular weight excluding hydrogens is 330 g/mol. The number of nitrogens with zero attached hydrogens (tertiary/aromatic N) is 3. The first-order valence-corrected chi connectivity index (χ1v) is 8.79. The first-order valence-electron chi connectivity index (χ1n) is 8.79. The van der Waals surface area contributed by atoms with Gasteiger partial charge >= 0.3 is 0 Å². The highest BCUT2D eigenvalue weighted by atomic mass is 16.2. The van der Waals surface area contributed by atoms with E-state index in [1.807, 2.05) is 0 Å². The molecule has 0 radical (unpaired) electrons. The predicted octanol–water partition coefficient (Wildman–Crippen LogP) is 3.31. The van der Waals surface area contributed by atoms with Crippen LogP contribution in [-0.2, 0) is 4.79 Å². The van der Waals surface area contributed by atoms with Crippen LogP contribution < -0.4 is 15.5 Å². The lowest BCUT2D eigenvalue weighted by molar-refractivity contribution is -0.114. The van der Waals surface area contributed by atoms with E-state index in [0.717, 1.165) is 31.7 Å². The number of hydrogen-bond donors (Lipinski definition) is 2. The van der Waals surface area contributed by atoms with Gasteiger partial charge in [-0.2, -0.15) is 0 Å². The van der Waals surface area contributed by atoms with E-state index < -0.39 is 0 Å². The number of rotatable bonds is 8. The molecule has 0 fully saturated rings. The summed E-state index contributed by atoms with van der Waals surface area (Å²) < 4.78 is 0. The molecule has 0 aliphatic heterocycles. The Hall–Kier alpha value is -2.96. The van der Waals surface area contributed by atoms with Gasteiger partial charge in [-0.15, -0.1) is 0 Å². The van der Waals surface area contributed by atoms with Crippen LogP contribution >= 0.6 is 0 Å². The van der Waals surface area contributed by atoms with E-state index in [-0.39, 0.29) is 17.5 Å². The van der Waals surface area contributed by atoms with E-state index in [2.05, 4.69) is 39.3 Å². The Morgan fingerprint density at radius 1 is 1.00 bits per heavy atom. The van der Waals surface area contributed by atoms with E-state index in [1.54, 1.807) is 30.5 Å². The molecule has 1 aromatic heterocycles. The molecule has 7 heteroatoms. The number of benzene rings is 1. The summed E-state index contributed by atoms with van der Waals surface area (Å²) in [6, 6.07) is 6.94. The van der Waals surface area contributed by atoms with E-state index in [1.165, 1.54) is 13.1 Å². The van der Waals surface area contributed by atoms with Gasteiger partial charge in [0.15, 0.2) is 0 Å². The second-order valence-electron chi connectivity index (χ2n) is 5.96. The molecule has 0 bridgehead atoms. The van der Waals surface area contributed by atoms with Crippen molar-refractivity contribution in [3.05, 3.63) is 42.4 Å². The van der Waals surface area contributed by atoms with Crippen LogP contribution in [0, 0.1) is 0 Å². The largest absolute Gasteiger partial charge is 0.355 e. The maximum Gasteiger partial charge on any atom is 0.275 e. The molecule has 0 aliphatic rings. The lowest BCUT2D eigenvalue weighted by Crippen LogP contribution is -2.26. The quantitative estimate of drug-likeness (QED) is 0.758. The zero-order valence-electron chi connectivity index (χ0n) is 15.5. The summed E-state index contributed by atoms with van der Waals surface area (Å²) in [5.74, 6) is 0.262. The van der Waals surface area contributed by atoms with Crippen molar-refractivity contribution in [1.29, 1.82) is 0 Å². The van der Waals surface area contributed by atoms with Crippen molar-refractivity contribution < 1.29 is 9.59 Å². The molecule has 0 spiro atoms. The van der Waals surface area contributed by atoms with Crippen LogP contribution in [0.4, 0.5) is 17.2 Å². The van der Waals surface area contributed by atoms with Crippen LogP contribution in [0.1, 0.15) is 44.1 Å². The number of anilines is 3. The van der Waals surface area contributed by atoms with Crippen molar-refractivity contribution in [1.82, 2.24) is 9.97 Å². The third-order valence-electron chi connectivity index (χ3n) is 3.62. The summed E-state index contributed by atoms with van der Waals surface area (Å²) in [6.45, 7) is 7.48. The Kier molecular flexibility index (Phi) is 7.08. The van der Waals surface area contributed by atoms with Crippen LogP contribution in [0.5, 0.6) is 0 Å². The number of amides is 2. The van der Waals surface area contributed by atoms with Crippen molar-refractivity contribution in [3.8, 4) is 0 Å². The van der Waals surface area contributed by atoms with Crippen molar-refractivity contribution in [2.45, 2.75) is 33.6 Å². The minimum absolute atomic E-state index is 0.168. The molecule has 2 aromatic rings. The highest BCUT2D eigenvalue weighted by Gasteiger charge is 2.11. The lowest BCUT2D eigenvalue weighted by Gasteiger charge is -2.22. The van der Waals surface area contributed by atoms with Gasteiger partial charge < -0.3 is 15.5 Å². The summed E-state index contributed by atoms with van der Waals surface area (Å²) in [5, 5.41) is 5.44. The van der Waals surface area contributed by atoms with Gasteiger partial charge in [-0.05, 0) is 31.0 Å². The third-order valence-corrected chi connectivity index (χ3v) is 3.62. The highest BCUT2D eigenvalue weighted by Crippen LogP contribution is 2.16. The molecule has 138 valence electrons. The first kappa shape index (κ1) is 19.4. The molecule has 0 atom stereocenters. The molecule has 0 unspecified atom stereocenters. The normalized spacial score (nSPS) is 10.3. The summed E-state index contributed by atoms with van der Waals surface area (Å²) in [5.41, 5.74) is 1.43. The minimum Gasteiger partial charge on any atom is -0.355 e. The smallest absolute Gasteiger partial charge is 0.275 e. The fourth-order valence-electron chi connectivity index (χ4n) is 2.56. The summed E-state index contributed by atoms with van der Waals surface area (Å²) in [6.07, 6.45) is 5.16. The predicted molar refractivity (Wildman–Crippen MR) is 104 cm³/mol. The second-order valence-corrected chi connectivity index (χ2v) is 5.96. The van der Waals surface area contributed by atoms with Crippen LogP contribution in [0.15, 0.2) is 36.7 Å². The molecule has 2 rings (SSSR count). The van der Waals surface area contributed by atoms with Gasteiger partial charge in [-0.25, -0.2) is 9.97 Å². The molecule has 7 nitrogen and oxygen atoms in total. The van der Waals surface area contributed by atoms with E-state index >= 15 is 0 Å². The van der Waals surface area contributed by atoms with Crippen molar-refractivity contribution in [3.63, 3.8) is 0 Å². The van der Waals surface area contributed by atoms with E-state index in [4.69, 9.17) is 0 Å². The Morgan fingerprint density at radius 2 is 1.65 bits per heavy atom. The molecule has 2 N–H and O–H groups in total. The van der Waals surface area contributed by atoms with Crippen LogP contribution in [0.2, 0.25) is 0 Å². The number of aromatic nitrogens is 2. The summed E-state index contributed by atoms with van der Waals surface area (Å²) in [4.78, 5) is 34.3. The second kappa shape index (κ2) is 9.50. The molecule has 1 aromatic carbocycles. The van der Waals surface area contributed by atoms with Crippen molar-refractivity contribution in [2.75, 3.05) is 28.6 Å². The maximum atomic E-state index is 12.4. The standard InChI is InChI=1S/C19H25N5O2/c1-4-9-24(10-5-2)18-13-20-17(12-21-18)19(26)23-16-8-6-7-15(11-16)22-14(3)25/h6-8,11-13H,4-5,9-10H2,1-3H3,(H,22,25)(H,23,26). The topological polar surface area (TPSA) is 87.2 Å². The minimum atomic E-state index is -0.346. The Morgan fingerprint density at radius 3 is 2.19 bits per heavy atom. The molecule has 0 saturated heterocycles. The number of hydrogen-bond acceptors (Lipinski definition) is 5. The van der Waals surface area contributed by atoms with Gasteiger partial charge in [0.2, 0.25) is 5.91 Å². The fraction of sp³-hybridized carbons (Fsp3) is 0.368. The van der Waals surface area contributed by atoms with Gasteiger partial charge in [-0.3, -0.25) is 9.59 Å². The van der Waals surface area contributed by atoms with Crippen molar-refractivity contribution in [2.24, 2.45) is 0 Å². The first-order chi connectivity index (χ1) is 12.5. The Bertz CT molecular complexity index is 740. The van der Waals surface area contributed by atoms with Gasteiger partial charge in [0.25, 0.3) is 5.91 Å². The van der Waals surface area contributed by atoms with E-state index in [9.17, 15) is 9.59 Å².